The summed E-state index contributed by atoms with van der Waals surface area (Å²) in [6.45, 7) is 3.77. The number of rotatable bonds is 7. The number of amides is 1. The monoisotopic (exact) mass is 526 g/mol. The van der Waals surface area contributed by atoms with Crippen molar-refractivity contribution in [3.05, 3.63) is 47.5 Å². The van der Waals surface area contributed by atoms with Crippen molar-refractivity contribution in [2.24, 2.45) is 0 Å². The summed E-state index contributed by atoms with van der Waals surface area (Å²) in [6.07, 6.45) is 2.52. The first kappa shape index (κ1) is 25.9. The maximum Gasteiger partial charge on any atom is 0.228 e. The number of hydrogen-bond acceptors (Lipinski definition) is 8. The topological polar surface area (TPSA) is 97.0 Å². The summed E-state index contributed by atoms with van der Waals surface area (Å²) >= 11 is 0. The quantitative estimate of drug-likeness (QED) is 0.501. The highest BCUT2D eigenvalue weighted by atomic mass is 19.1. The molecule has 3 heterocycles. The Kier molecular flexibility index (Phi) is 7.46. The van der Waals surface area contributed by atoms with Gasteiger partial charge in [0.05, 0.1) is 14.2 Å². The number of nitrogens with zero attached hydrogens (tertiary/aromatic N) is 5. The third kappa shape index (κ3) is 5.02. The molecule has 0 aliphatic carbocycles. The van der Waals surface area contributed by atoms with Gasteiger partial charge in [0, 0.05) is 44.0 Å². The van der Waals surface area contributed by atoms with E-state index in [0.29, 0.717) is 43.9 Å². The molecule has 2 fully saturated rings. The number of anilines is 2. The Labute approximate surface area is 220 Å². The van der Waals surface area contributed by atoms with Crippen molar-refractivity contribution in [3.63, 3.8) is 0 Å². The number of benzene rings is 2. The number of ether oxygens (including phenoxy) is 2. The molecule has 202 valence electrons. The van der Waals surface area contributed by atoms with Crippen LogP contribution in [0, 0.1) is 11.6 Å². The molecule has 1 atom stereocenters. The van der Waals surface area contributed by atoms with Crippen molar-refractivity contribution < 1.29 is 23.0 Å². The van der Waals surface area contributed by atoms with Gasteiger partial charge in [0.15, 0.2) is 17.3 Å². The highest BCUT2D eigenvalue weighted by Gasteiger charge is 2.30. The fourth-order valence-electron chi connectivity index (χ4n) is 5.33. The van der Waals surface area contributed by atoms with E-state index >= 15 is 4.39 Å². The Morgan fingerprint density at radius 3 is 2.32 bits per heavy atom. The Morgan fingerprint density at radius 2 is 1.68 bits per heavy atom. The third-order valence-corrected chi connectivity index (χ3v) is 7.41. The number of aromatic nitrogens is 2. The fourth-order valence-corrected chi connectivity index (χ4v) is 5.33. The van der Waals surface area contributed by atoms with E-state index in [4.69, 9.17) is 15.2 Å². The van der Waals surface area contributed by atoms with Crippen LogP contribution < -0.4 is 20.1 Å². The van der Waals surface area contributed by atoms with Gasteiger partial charge in [-0.05, 0) is 49.7 Å². The van der Waals surface area contributed by atoms with Gasteiger partial charge in [0.2, 0.25) is 11.9 Å². The van der Waals surface area contributed by atoms with Crippen LogP contribution in [0.25, 0.3) is 10.9 Å². The SMILES string of the molecule is COc1cc2c(N)nc(N3CCN(C(=O)C[C@H](c4ccc(F)cc4)N4CCCC4)CC3)nc2c(F)c1OC. The molecule has 38 heavy (non-hydrogen) atoms. The van der Waals surface area contributed by atoms with Gasteiger partial charge in [-0.1, -0.05) is 12.1 Å². The number of hydrogen-bond donors (Lipinski definition) is 1. The molecule has 0 saturated carbocycles. The van der Waals surface area contributed by atoms with Crippen molar-refractivity contribution in [1.82, 2.24) is 19.8 Å². The normalized spacial score (nSPS) is 17.2. The standard InChI is InChI=1S/C27H32F2N6O3/c1-37-21-15-19-24(23(29)25(21)38-2)31-27(32-26(19)30)35-13-11-34(12-14-35)22(36)16-20(33-9-3-4-10-33)17-5-7-18(28)8-6-17/h5-8,15,20H,3-4,9-14,16H2,1-2H3,(H2,30,31,32)/t20-/m1/s1. The second-order valence-corrected chi connectivity index (χ2v) is 9.61. The highest BCUT2D eigenvalue weighted by molar-refractivity contribution is 5.92. The first-order valence-electron chi connectivity index (χ1n) is 12.8. The molecule has 0 unspecified atom stereocenters. The molecule has 2 N–H and O–H groups in total. The number of halogens is 2. The lowest BCUT2D eigenvalue weighted by atomic mass is 10.0. The lowest BCUT2D eigenvalue weighted by Gasteiger charge is -2.36. The molecule has 9 nitrogen and oxygen atoms in total. The zero-order chi connectivity index (χ0) is 26.8. The van der Waals surface area contributed by atoms with Gasteiger partial charge in [-0.2, -0.15) is 4.98 Å². The van der Waals surface area contributed by atoms with E-state index in [9.17, 15) is 9.18 Å². The maximum atomic E-state index is 15.2. The van der Waals surface area contributed by atoms with Crippen molar-refractivity contribution in [2.75, 3.05) is 64.1 Å². The van der Waals surface area contributed by atoms with Crippen LogP contribution in [-0.2, 0) is 4.79 Å². The van der Waals surface area contributed by atoms with Crippen molar-refractivity contribution in [2.45, 2.75) is 25.3 Å². The third-order valence-electron chi connectivity index (χ3n) is 7.41. The van der Waals surface area contributed by atoms with Crippen molar-refractivity contribution >= 4 is 28.6 Å². The lowest BCUT2D eigenvalue weighted by Crippen LogP contribution is -2.50. The molecule has 2 aromatic carbocycles. The van der Waals surface area contributed by atoms with Crippen LogP contribution in [0.2, 0.25) is 0 Å². The lowest BCUT2D eigenvalue weighted by molar-refractivity contribution is -0.132. The van der Waals surface area contributed by atoms with Crippen molar-refractivity contribution in [3.8, 4) is 11.5 Å². The first-order chi connectivity index (χ1) is 18.4. The van der Waals surface area contributed by atoms with Gasteiger partial charge < -0.3 is 25.0 Å². The second-order valence-electron chi connectivity index (χ2n) is 9.61. The van der Waals surface area contributed by atoms with E-state index < -0.39 is 5.82 Å². The Morgan fingerprint density at radius 1 is 1.00 bits per heavy atom. The van der Waals surface area contributed by atoms with E-state index in [2.05, 4.69) is 14.9 Å². The molecular weight excluding hydrogens is 494 g/mol. The number of piperazine rings is 1. The summed E-state index contributed by atoms with van der Waals surface area (Å²) < 4.78 is 39.1. The summed E-state index contributed by atoms with van der Waals surface area (Å²) in [5, 5.41) is 0.339. The number of likely N-dealkylation sites (tertiary alicyclic amines) is 1. The molecule has 1 amide bonds. The minimum Gasteiger partial charge on any atom is -0.493 e. The predicted molar refractivity (Wildman–Crippen MR) is 140 cm³/mol. The average molecular weight is 527 g/mol. The fraction of sp³-hybridized carbons (Fsp3) is 0.444. The second kappa shape index (κ2) is 10.9. The summed E-state index contributed by atoms with van der Waals surface area (Å²) in [7, 11) is 2.78. The van der Waals surface area contributed by atoms with Gasteiger partial charge >= 0.3 is 0 Å². The minimum atomic E-state index is -0.667. The van der Waals surface area contributed by atoms with Crippen LogP contribution in [0.1, 0.15) is 30.9 Å². The highest BCUT2D eigenvalue weighted by Crippen LogP contribution is 2.37. The van der Waals surface area contributed by atoms with Gasteiger partial charge in [0.1, 0.15) is 17.2 Å². The van der Waals surface area contributed by atoms with Gasteiger partial charge in [-0.25, -0.2) is 13.8 Å². The molecule has 2 aliphatic rings. The maximum absolute atomic E-state index is 15.2. The smallest absolute Gasteiger partial charge is 0.228 e. The average Bonchev–Trinajstić information content (AvgIpc) is 3.47. The summed E-state index contributed by atoms with van der Waals surface area (Å²) in [5.74, 6) is -0.308. The molecule has 2 saturated heterocycles. The number of methoxy groups -OCH3 is 2. The van der Waals surface area contributed by atoms with E-state index in [-0.39, 0.29) is 40.6 Å². The molecule has 3 aromatic rings. The summed E-state index contributed by atoms with van der Waals surface area (Å²) in [5.41, 5.74) is 7.17. The molecule has 5 rings (SSSR count). The molecule has 0 spiro atoms. The Balaban J connectivity index is 1.30. The van der Waals surface area contributed by atoms with Crippen LogP contribution >= 0.6 is 0 Å². The van der Waals surface area contributed by atoms with E-state index in [1.165, 1.54) is 26.4 Å². The molecule has 0 bridgehead atoms. The summed E-state index contributed by atoms with van der Waals surface area (Å²) in [4.78, 5) is 28.2. The van der Waals surface area contributed by atoms with Gasteiger partial charge in [-0.15, -0.1) is 0 Å². The van der Waals surface area contributed by atoms with Crippen molar-refractivity contribution in [1.29, 1.82) is 0 Å². The minimum absolute atomic E-state index is 0.0480. The number of nitrogen functional groups attached to an aromatic ring is 1. The molecule has 2 aliphatic heterocycles. The number of fused-ring (bicyclic) bond motifs is 1. The first-order valence-corrected chi connectivity index (χ1v) is 12.8. The van der Waals surface area contributed by atoms with Crippen LogP contribution in [-0.4, -0.2) is 79.2 Å². The number of carbonyl (C=O) groups is 1. The van der Waals surface area contributed by atoms with E-state index in [1.54, 1.807) is 18.2 Å². The zero-order valence-corrected chi connectivity index (χ0v) is 21.6. The van der Waals surface area contributed by atoms with Crippen LogP contribution in [0.15, 0.2) is 30.3 Å². The van der Waals surface area contributed by atoms with Gasteiger partial charge in [0.25, 0.3) is 0 Å². The van der Waals surface area contributed by atoms with E-state index in [0.717, 1.165) is 31.5 Å². The van der Waals surface area contributed by atoms with Gasteiger partial charge in [-0.3, -0.25) is 9.69 Å². The van der Waals surface area contributed by atoms with E-state index in [1.807, 2.05) is 9.80 Å². The number of nitrogens with two attached hydrogens (primary N) is 1. The Bertz CT molecular complexity index is 1310. The summed E-state index contributed by atoms with van der Waals surface area (Å²) in [6, 6.07) is 7.92. The van der Waals surface area contributed by atoms with Crippen LogP contribution in [0.5, 0.6) is 11.5 Å². The molecule has 0 radical (unpaired) electrons. The molecular formula is C27H32F2N6O3. The largest absolute Gasteiger partial charge is 0.493 e. The predicted octanol–water partition coefficient (Wildman–Crippen LogP) is 3.38. The van der Waals surface area contributed by atoms with Crippen LogP contribution in [0.4, 0.5) is 20.5 Å². The molecule has 11 heteroatoms. The van der Waals surface area contributed by atoms with Crippen LogP contribution in [0.3, 0.4) is 0 Å². The Hall–Kier alpha value is -3.73. The molecule has 1 aromatic heterocycles. The number of carbonyl (C=O) groups excluding carboxylic acids is 1. The zero-order valence-electron chi connectivity index (χ0n) is 21.6.